The van der Waals surface area contributed by atoms with Crippen LogP contribution in [0.5, 0.6) is 0 Å². The van der Waals surface area contributed by atoms with Gasteiger partial charge in [-0.3, -0.25) is 4.79 Å². The number of ketones is 1. The van der Waals surface area contributed by atoms with Gasteiger partial charge < -0.3 is 19.8 Å². The van der Waals surface area contributed by atoms with E-state index >= 15 is 0 Å². The second-order valence-corrected chi connectivity index (χ2v) is 24.9. The van der Waals surface area contributed by atoms with Crippen molar-refractivity contribution >= 4 is 48.8 Å². The molecule has 60 heavy (non-hydrogen) atoms. The summed E-state index contributed by atoms with van der Waals surface area (Å²) in [5.41, 5.74) is 3.47. The van der Waals surface area contributed by atoms with E-state index in [0.717, 1.165) is 38.5 Å². The van der Waals surface area contributed by atoms with E-state index in [1.807, 2.05) is 0 Å². The molecule has 5 nitrogen and oxygen atoms in total. The van der Waals surface area contributed by atoms with Crippen LogP contribution in [0.3, 0.4) is 0 Å². The molecule has 342 valence electrons. The fraction of sp³-hybridized carbons (Fsp3) is 0.830. The summed E-state index contributed by atoms with van der Waals surface area (Å²) in [6.45, 7) is 11.7. The van der Waals surface area contributed by atoms with Crippen molar-refractivity contribution in [2.24, 2.45) is 5.92 Å². The molecule has 3 unspecified atom stereocenters. The van der Waals surface area contributed by atoms with Gasteiger partial charge in [-0.1, -0.05) is 238 Å². The second-order valence-electron chi connectivity index (χ2n) is 19.5. The number of carboxylic acids is 2. The van der Waals surface area contributed by atoms with Gasteiger partial charge >= 0.3 is 23.1 Å². The van der Waals surface area contributed by atoms with E-state index in [-0.39, 0.29) is 35.9 Å². The standard InChI is InChI=1S/2C18H36O2.C17H24OSi.Mg/c2*1-2-3-4-5-6-7-8-9-10-11-12-13-14-15-16-17-18(19)20;1-19(2,3)17-15-9-8-12-6-4-5-7-13(12)14(15)10-11-16(17)18;/h2*2-17H2,1H3,(H,19,20);4-7,14-15,17H,8-11H2,1-3H3;/q;;;+2/p-2. The minimum Gasteiger partial charge on any atom is -0.550 e. The van der Waals surface area contributed by atoms with Crippen LogP contribution >= 0.6 is 0 Å². The van der Waals surface area contributed by atoms with Crippen LogP contribution in [-0.4, -0.2) is 48.8 Å². The normalized spacial score (nSPS) is 16.9. The van der Waals surface area contributed by atoms with Crippen molar-refractivity contribution in [1.82, 2.24) is 0 Å². The van der Waals surface area contributed by atoms with Gasteiger partial charge in [0, 0.05) is 23.9 Å². The molecular weight excluding hydrogens is 769 g/mol. The maximum atomic E-state index is 12.4. The minimum atomic E-state index is -1.40. The average Bonchev–Trinajstić information content (AvgIpc) is 3.20. The topological polar surface area (TPSA) is 97.3 Å². The smallest absolute Gasteiger partial charge is 0.550 e. The Morgan fingerprint density at radius 1 is 0.517 bits per heavy atom. The predicted octanol–water partition coefficient (Wildman–Crippen LogP) is 14.0. The van der Waals surface area contributed by atoms with Gasteiger partial charge in [0.2, 0.25) is 0 Å². The molecule has 2 aliphatic rings. The first-order chi connectivity index (χ1) is 28.5. The quantitative estimate of drug-likeness (QED) is 0.0518. The van der Waals surface area contributed by atoms with Crippen LogP contribution in [0.2, 0.25) is 25.2 Å². The van der Waals surface area contributed by atoms with Gasteiger partial charge in [-0.05, 0) is 67.9 Å². The number of aliphatic carboxylic acids is 2. The summed E-state index contributed by atoms with van der Waals surface area (Å²) in [6.07, 6.45) is 44.0. The Morgan fingerprint density at radius 3 is 1.18 bits per heavy atom. The molecule has 0 spiro atoms. The Balaban J connectivity index is 0.000000863. The molecule has 0 aromatic heterocycles. The van der Waals surface area contributed by atoms with Crippen molar-refractivity contribution in [1.29, 1.82) is 0 Å². The van der Waals surface area contributed by atoms with Gasteiger partial charge in [0.1, 0.15) is 5.78 Å². The molecule has 2 aliphatic carbocycles. The Hall–Kier alpha value is -1.19. The maximum Gasteiger partial charge on any atom is 2.00 e. The first-order valence-electron chi connectivity index (χ1n) is 25.5. The number of unbranched alkanes of at least 4 members (excludes halogenated alkanes) is 28. The molecule has 3 rings (SSSR count). The largest absolute Gasteiger partial charge is 2.00 e. The van der Waals surface area contributed by atoms with Crippen molar-refractivity contribution in [3.63, 3.8) is 0 Å². The predicted molar refractivity (Wildman–Crippen MR) is 257 cm³/mol. The fourth-order valence-electron chi connectivity index (χ4n) is 9.74. The summed E-state index contributed by atoms with van der Waals surface area (Å²) in [7, 11) is -1.40. The number of hydrogen-bond donors (Lipinski definition) is 0. The van der Waals surface area contributed by atoms with Crippen molar-refractivity contribution in [3.8, 4) is 0 Å². The molecule has 7 heteroatoms. The SMILES string of the molecule is CCCCCCCCCCCCCCCCCC(=O)[O-].CCCCCCCCCCCCCCCCCC(=O)[O-].C[Si](C)(C)C1C(=O)CCC2c3ccccc3CCC21.[Mg+2]. The van der Waals surface area contributed by atoms with Crippen LogP contribution in [0.4, 0.5) is 0 Å². The Bertz CT molecular complexity index is 1140. The molecule has 1 fully saturated rings. The van der Waals surface area contributed by atoms with Crippen molar-refractivity contribution < 1.29 is 24.6 Å². The minimum absolute atomic E-state index is 0. The number of carbonyl (C=O) groups is 3. The summed E-state index contributed by atoms with van der Waals surface area (Å²) >= 11 is 0. The zero-order chi connectivity index (χ0) is 43.4. The molecule has 0 radical (unpaired) electrons. The van der Waals surface area contributed by atoms with Gasteiger partial charge in [0.25, 0.3) is 0 Å². The molecule has 0 amide bonds. The summed E-state index contributed by atoms with van der Waals surface area (Å²) in [5, 5.41) is 20.4. The number of aryl methyl sites for hydroxylation is 1. The van der Waals surface area contributed by atoms with Gasteiger partial charge in [-0.2, -0.15) is 0 Å². The number of Topliss-reactive ketones (excluding diaryl/α,β-unsaturated/α-hetero) is 1. The molecule has 0 heterocycles. The van der Waals surface area contributed by atoms with Gasteiger partial charge in [-0.15, -0.1) is 0 Å². The van der Waals surface area contributed by atoms with E-state index in [1.165, 1.54) is 185 Å². The molecule has 1 aromatic carbocycles. The molecule has 1 aromatic rings. The summed E-state index contributed by atoms with van der Waals surface area (Å²) < 4.78 is 0. The van der Waals surface area contributed by atoms with E-state index in [9.17, 15) is 24.6 Å². The monoisotopic (exact) mass is 863 g/mol. The molecule has 1 saturated carbocycles. The Labute approximate surface area is 388 Å². The van der Waals surface area contributed by atoms with Crippen LogP contribution in [0, 0.1) is 5.92 Å². The zero-order valence-electron chi connectivity index (χ0n) is 40.2. The van der Waals surface area contributed by atoms with Crippen LogP contribution < -0.4 is 10.2 Å². The third kappa shape index (κ3) is 30.8. The maximum absolute atomic E-state index is 12.4. The van der Waals surface area contributed by atoms with Gasteiger partial charge in [0.15, 0.2) is 0 Å². The first-order valence-corrected chi connectivity index (χ1v) is 29.1. The Morgan fingerprint density at radius 2 is 0.850 bits per heavy atom. The van der Waals surface area contributed by atoms with E-state index in [4.69, 9.17) is 0 Å². The van der Waals surface area contributed by atoms with Crippen molar-refractivity contribution in [2.45, 2.75) is 276 Å². The number of rotatable bonds is 33. The number of benzene rings is 1. The molecular formula is C53H94MgO5Si. The van der Waals surface area contributed by atoms with Crippen LogP contribution in [-0.2, 0) is 20.8 Å². The number of carboxylic acid groups (broad SMARTS) is 2. The van der Waals surface area contributed by atoms with E-state index in [2.05, 4.69) is 57.8 Å². The number of hydrogen-bond acceptors (Lipinski definition) is 5. The van der Waals surface area contributed by atoms with Crippen LogP contribution in [0.25, 0.3) is 0 Å². The van der Waals surface area contributed by atoms with Crippen molar-refractivity contribution in [3.05, 3.63) is 35.4 Å². The summed E-state index contributed by atoms with van der Waals surface area (Å²) in [6, 6.07) is 8.92. The Kier molecular flexibility index (Phi) is 38.6. The number of carbonyl (C=O) groups excluding carboxylic acids is 3. The zero-order valence-corrected chi connectivity index (χ0v) is 42.7. The third-order valence-electron chi connectivity index (χ3n) is 13.1. The molecule has 0 aliphatic heterocycles. The van der Waals surface area contributed by atoms with E-state index in [0.29, 0.717) is 23.2 Å². The fourth-order valence-corrected chi connectivity index (χ4v) is 12.5. The van der Waals surface area contributed by atoms with E-state index in [1.54, 1.807) is 5.56 Å². The third-order valence-corrected chi connectivity index (χ3v) is 15.7. The average molecular weight is 864 g/mol. The van der Waals surface area contributed by atoms with Gasteiger partial charge in [-0.25, -0.2) is 0 Å². The van der Waals surface area contributed by atoms with E-state index < -0.39 is 20.0 Å². The van der Waals surface area contributed by atoms with Crippen molar-refractivity contribution in [2.75, 3.05) is 0 Å². The molecule has 0 bridgehead atoms. The summed E-state index contributed by atoms with van der Waals surface area (Å²) in [5.74, 6) is 0.0429. The first kappa shape index (κ1) is 58.8. The molecule has 0 saturated heterocycles. The second kappa shape index (κ2) is 39.4. The number of fused-ring (bicyclic) bond motifs is 3. The van der Waals surface area contributed by atoms with Gasteiger partial charge in [0.05, 0.1) is 8.07 Å². The summed E-state index contributed by atoms with van der Waals surface area (Å²) in [4.78, 5) is 32.9. The molecule has 3 atom stereocenters. The molecule has 0 N–H and O–H groups in total. The van der Waals surface area contributed by atoms with Crippen LogP contribution in [0.1, 0.15) is 256 Å². The van der Waals surface area contributed by atoms with Crippen LogP contribution in [0.15, 0.2) is 24.3 Å².